The molecular weight excluding hydrogens is 366 g/mol. The topological polar surface area (TPSA) is 96.3 Å². The van der Waals surface area contributed by atoms with Gasteiger partial charge in [-0.05, 0) is 24.6 Å². The number of carbonyl (C=O) groups is 2. The molecule has 0 atom stereocenters. The van der Waals surface area contributed by atoms with Crippen LogP contribution in [0.15, 0.2) is 33.6 Å². The highest BCUT2D eigenvalue weighted by Crippen LogP contribution is 2.28. The smallest absolute Gasteiger partial charge is 0.236 e. The van der Waals surface area contributed by atoms with Crippen LogP contribution in [-0.2, 0) is 9.59 Å². The zero-order valence-corrected chi connectivity index (χ0v) is 15.1. The second kappa shape index (κ2) is 7.77. The van der Waals surface area contributed by atoms with Crippen molar-refractivity contribution in [2.45, 2.75) is 11.3 Å². The van der Waals surface area contributed by atoms with Gasteiger partial charge in [0.05, 0.1) is 11.5 Å². The van der Waals surface area contributed by atoms with Crippen molar-refractivity contribution in [2.24, 2.45) is 4.99 Å². The molecule has 1 aromatic heterocycles. The van der Waals surface area contributed by atoms with Crippen molar-refractivity contribution in [1.82, 2.24) is 15.5 Å². The molecule has 0 saturated carbocycles. The fourth-order valence-corrected chi connectivity index (χ4v) is 4.08. The van der Waals surface area contributed by atoms with Crippen LogP contribution >= 0.6 is 34.9 Å². The number of aromatic nitrogens is 2. The Bertz CT molecular complexity index is 805. The third kappa shape index (κ3) is 4.79. The number of amides is 2. The first kappa shape index (κ1) is 16.9. The van der Waals surface area contributed by atoms with Crippen LogP contribution in [0.5, 0.6) is 0 Å². The summed E-state index contributed by atoms with van der Waals surface area (Å²) in [6, 6.07) is 7.63. The van der Waals surface area contributed by atoms with E-state index in [4.69, 9.17) is 0 Å². The minimum atomic E-state index is -0.104. The molecule has 0 bridgehead atoms. The number of aliphatic imine (C=N–C) groups is 1. The molecule has 2 heterocycles. The molecule has 1 aliphatic heterocycles. The molecule has 0 radical (unpaired) electrons. The van der Waals surface area contributed by atoms with Crippen molar-refractivity contribution >= 4 is 62.7 Å². The van der Waals surface area contributed by atoms with Gasteiger partial charge < -0.3 is 10.6 Å². The van der Waals surface area contributed by atoms with E-state index in [-0.39, 0.29) is 17.6 Å². The summed E-state index contributed by atoms with van der Waals surface area (Å²) < 4.78 is 0.656. The molecule has 3 rings (SSSR count). The lowest BCUT2D eigenvalue weighted by atomic mass is 10.2. The van der Waals surface area contributed by atoms with Crippen LogP contribution in [0.25, 0.3) is 0 Å². The summed E-state index contributed by atoms with van der Waals surface area (Å²) in [5.74, 6) is 0.446. The SMILES string of the molecule is Cc1cccc(NC(=O)CSc2nnc(/N=C3\NC(=O)CS3)s2)c1. The third-order valence-electron chi connectivity index (χ3n) is 2.81. The number of anilines is 1. The summed E-state index contributed by atoms with van der Waals surface area (Å²) in [6.45, 7) is 1.97. The monoisotopic (exact) mass is 379 g/mol. The minimum absolute atomic E-state index is 0.0642. The van der Waals surface area contributed by atoms with E-state index >= 15 is 0 Å². The zero-order valence-electron chi connectivity index (χ0n) is 12.6. The highest BCUT2D eigenvalue weighted by atomic mass is 32.2. The summed E-state index contributed by atoms with van der Waals surface area (Å²) in [6.07, 6.45) is 0. The molecule has 10 heteroatoms. The van der Waals surface area contributed by atoms with Crippen molar-refractivity contribution in [2.75, 3.05) is 16.8 Å². The van der Waals surface area contributed by atoms with E-state index in [9.17, 15) is 9.59 Å². The quantitative estimate of drug-likeness (QED) is 0.775. The molecule has 2 aromatic rings. The number of amidine groups is 1. The molecule has 0 aliphatic carbocycles. The van der Waals surface area contributed by atoms with Gasteiger partial charge in [0.15, 0.2) is 9.51 Å². The molecule has 2 N–H and O–H groups in total. The average Bonchev–Trinajstić information content (AvgIpc) is 3.15. The van der Waals surface area contributed by atoms with Crippen molar-refractivity contribution in [3.05, 3.63) is 29.8 Å². The third-order valence-corrected chi connectivity index (χ3v) is 5.63. The Kier molecular flexibility index (Phi) is 5.48. The first-order chi connectivity index (χ1) is 11.6. The number of thioether (sulfide) groups is 2. The van der Waals surface area contributed by atoms with E-state index in [1.807, 2.05) is 31.2 Å². The maximum absolute atomic E-state index is 12.0. The normalized spacial score (nSPS) is 15.5. The van der Waals surface area contributed by atoms with Crippen LogP contribution in [0.3, 0.4) is 0 Å². The van der Waals surface area contributed by atoms with Crippen LogP contribution in [0.4, 0.5) is 10.8 Å². The summed E-state index contributed by atoms with van der Waals surface area (Å²) in [7, 11) is 0. The fraction of sp³-hybridized carbons (Fsp3) is 0.214. The molecule has 24 heavy (non-hydrogen) atoms. The van der Waals surface area contributed by atoms with E-state index in [2.05, 4.69) is 25.8 Å². The molecule has 1 aliphatic rings. The van der Waals surface area contributed by atoms with Crippen molar-refractivity contribution in [3.63, 3.8) is 0 Å². The number of nitrogens with zero attached hydrogens (tertiary/aromatic N) is 3. The van der Waals surface area contributed by atoms with E-state index < -0.39 is 0 Å². The van der Waals surface area contributed by atoms with Gasteiger partial charge in [-0.15, -0.1) is 10.2 Å². The van der Waals surface area contributed by atoms with Crippen LogP contribution in [0, 0.1) is 6.92 Å². The van der Waals surface area contributed by atoms with Crippen molar-refractivity contribution < 1.29 is 9.59 Å². The van der Waals surface area contributed by atoms with Crippen molar-refractivity contribution in [3.8, 4) is 0 Å². The van der Waals surface area contributed by atoms with Crippen LogP contribution in [-0.4, -0.2) is 38.7 Å². The standard InChI is InChI=1S/C14H13N5O2S3/c1-8-3-2-4-9(5-8)15-10(20)7-23-14-19-18-13(24-14)17-12-16-11(21)6-22-12/h2-5H,6-7H2,1H3,(H,15,20)(H,16,17,18,21). The molecular formula is C14H13N5O2S3. The molecule has 7 nitrogen and oxygen atoms in total. The lowest BCUT2D eigenvalue weighted by molar-refractivity contribution is -0.117. The Morgan fingerprint density at radius 2 is 2.33 bits per heavy atom. The maximum Gasteiger partial charge on any atom is 0.236 e. The van der Waals surface area contributed by atoms with Gasteiger partial charge in [0.25, 0.3) is 0 Å². The molecule has 2 amide bonds. The van der Waals surface area contributed by atoms with Gasteiger partial charge >= 0.3 is 0 Å². The lowest BCUT2D eigenvalue weighted by Crippen LogP contribution is -2.19. The first-order valence-electron chi connectivity index (χ1n) is 6.92. The molecule has 0 spiro atoms. The minimum Gasteiger partial charge on any atom is -0.325 e. The fourth-order valence-electron chi connectivity index (χ4n) is 1.83. The molecule has 1 aromatic carbocycles. The summed E-state index contributed by atoms with van der Waals surface area (Å²) in [5, 5.41) is 14.4. The van der Waals surface area contributed by atoms with Gasteiger partial charge in [-0.1, -0.05) is 47.0 Å². The Hall–Kier alpha value is -1.91. The van der Waals surface area contributed by atoms with Gasteiger partial charge in [0.1, 0.15) is 0 Å². The maximum atomic E-state index is 12.0. The predicted molar refractivity (Wildman–Crippen MR) is 98.1 cm³/mol. The molecule has 1 fully saturated rings. The summed E-state index contributed by atoms with van der Waals surface area (Å²) >= 11 is 3.91. The molecule has 1 saturated heterocycles. The van der Waals surface area contributed by atoms with Gasteiger partial charge in [-0.25, -0.2) is 0 Å². The summed E-state index contributed by atoms with van der Waals surface area (Å²) in [4.78, 5) is 27.3. The molecule has 124 valence electrons. The zero-order chi connectivity index (χ0) is 16.9. The number of rotatable bonds is 5. The Morgan fingerprint density at radius 1 is 1.46 bits per heavy atom. The Morgan fingerprint density at radius 3 is 3.08 bits per heavy atom. The number of aryl methyl sites for hydroxylation is 1. The highest BCUT2D eigenvalue weighted by Gasteiger charge is 2.17. The van der Waals surface area contributed by atoms with Crippen LogP contribution in [0.2, 0.25) is 0 Å². The first-order valence-corrected chi connectivity index (χ1v) is 9.71. The van der Waals surface area contributed by atoms with Crippen LogP contribution in [0.1, 0.15) is 5.56 Å². The van der Waals surface area contributed by atoms with E-state index in [1.165, 1.54) is 34.9 Å². The second-order valence-electron chi connectivity index (χ2n) is 4.81. The van der Waals surface area contributed by atoms with Gasteiger partial charge in [-0.3, -0.25) is 9.59 Å². The van der Waals surface area contributed by atoms with E-state index in [1.54, 1.807) is 0 Å². The lowest BCUT2D eigenvalue weighted by Gasteiger charge is -2.04. The Balaban J connectivity index is 1.52. The second-order valence-corrected chi connectivity index (χ2v) is 7.95. The van der Waals surface area contributed by atoms with E-state index in [0.29, 0.717) is 20.4 Å². The number of hydrogen-bond acceptors (Lipinski definition) is 8. The van der Waals surface area contributed by atoms with Crippen molar-refractivity contribution in [1.29, 1.82) is 0 Å². The Labute approximate surface area is 150 Å². The largest absolute Gasteiger partial charge is 0.325 e. The number of carbonyl (C=O) groups excluding carboxylic acids is 2. The average molecular weight is 379 g/mol. The molecule has 0 unspecified atom stereocenters. The predicted octanol–water partition coefficient (Wildman–Crippen LogP) is 2.43. The van der Waals surface area contributed by atoms with Gasteiger partial charge in [-0.2, -0.15) is 4.99 Å². The van der Waals surface area contributed by atoms with Crippen LogP contribution < -0.4 is 10.6 Å². The number of nitrogens with one attached hydrogen (secondary N) is 2. The summed E-state index contributed by atoms with van der Waals surface area (Å²) in [5.41, 5.74) is 1.86. The number of hydrogen-bond donors (Lipinski definition) is 2. The van der Waals surface area contributed by atoms with Gasteiger partial charge in [0.2, 0.25) is 16.9 Å². The van der Waals surface area contributed by atoms with Gasteiger partial charge in [0, 0.05) is 5.69 Å². The van der Waals surface area contributed by atoms with E-state index in [0.717, 1.165) is 11.3 Å². The number of benzene rings is 1. The highest BCUT2D eigenvalue weighted by molar-refractivity contribution is 8.15.